The minimum atomic E-state index is -0.190. The third kappa shape index (κ3) is 4.36. The molecule has 2 aliphatic rings. The number of thioether (sulfide) groups is 1. The number of piperazine rings is 1. The molecule has 31 heavy (non-hydrogen) atoms. The lowest BCUT2D eigenvalue weighted by Crippen LogP contribution is -2.49. The van der Waals surface area contributed by atoms with Gasteiger partial charge in [0, 0.05) is 32.3 Å². The molecule has 2 aliphatic heterocycles. The summed E-state index contributed by atoms with van der Waals surface area (Å²) in [6.07, 6.45) is 3.37. The van der Waals surface area contributed by atoms with Crippen molar-refractivity contribution in [3.8, 4) is 0 Å². The summed E-state index contributed by atoms with van der Waals surface area (Å²) in [6, 6.07) is 25.2. The Hall–Kier alpha value is -3.09. The van der Waals surface area contributed by atoms with Gasteiger partial charge in [0.2, 0.25) is 0 Å². The summed E-state index contributed by atoms with van der Waals surface area (Å²) in [5.74, 6) is 0.482. The molecule has 1 aromatic heterocycles. The average Bonchev–Trinajstić information content (AvgIpc) is 3.46. The molecule has 5 nitrogen and oxygen atoms in total. The van der Waals surface area contributed by atoms with Crippen LogP contribution < -0.4 is 0 Å². The van der Waals surface area contributed by atoms with Crippen LogP contribution in [0, 0.1) is 0 Å². The predicted molar refractivity (Wildman–Crippen MR) is 125 cm³/mol. The number of benzene rings is 2. The van der Waals surface area contributed by atoms with Crippen LogP contribution in [-0.4, -0.2) is 47.1 Å². The molecule has 0 atom stereocenters. The van der Waals surface area contributed by atoms with Gasteiger partial charge in [0.1, 0.15) is 5.76 Å². The fraction of sp³-hybridized carbons (Fsp3) is 0.200. The molecule has 156 valence electrons. The molecule has 0 saturated carbocycles. The predicted octanol–water partition coefficient (Wildman–Crippen LogP) is 4.66. The van der Waals surface area contributed by atoms with Crippen LogP contribution in [0.5, 0.6) is 0 Å². The fourth-order valence-corrected chi connectivity index (χ4v) is 5.04. The molecule has 0 unspecified atom stereocenters. The molecule has 1 saturated heterocycles. The van der Waals surface area contributed by atoms with Crippen LogP contribution in [0.2, 0.25) is 0 Å². The SMILES string of the molecule is O=C1N=C(N2CCN(C(c3ccccc3)c3ccccc3)CC2)S/C1=C\c1ccco1. The Morgan fingerprint density at radius 3 is 2.10 bits per heavy atom. The molecule has 2 aromatic carbocycles. The summed E-state index contributed by atoms with van der Waals surface area (Å²) >= 11 is 1.43. The molecule has 5 rings (SSSR count). The minimum absolute atomic E-state index is 0.190. The Balaban J connectivity index is 1.29. The van der Waals surface area contributed by atoms with E-state index in [1.54, 1.807) is 12.3 Å². The van der Waals surface area contributed by atoms with Gasteiger partial charge in [-0.1, -0.05) is 60.7 Å². The largest absolute Gasteiger partial charge is 0.465 e. The van der Waals surface area contributed by atoms with E-state index in [0.29, 0.717) is 10.7 Å². The Morgan fingerprint density at radius 1 is 0.871 bits per heavy atom. The van der Waals surface area contributed by atoms with Crippen LogP contribution in [0.25, 0.3) is 6.08 Å². The molecule has 3 heterocycles. The van der Waals surface area contributed by atoms with Crippen LogP contribution in [0.1, 0.15) is 22.9 Å². The number of amides is 1. The molecule has 0 bridgehead atoms. The van der Waals surface area contributed by atoms with E-state index >= 15 is 0 Å². The van der Waals surface area contributed by atoms with Crippen LogP contribution in [0.4, 0.5) is 0 Å². The second-order valence-corrected chi connectivity index (χ2v) is 8.58. The van der Waals surface area contributed by atoms with Gasteiger partial charge in [-0.25, -0.2) is 0 Å². The van der Waals surface area contributed by atoms with Crippen molar-refractivity contribution < 1.29 is 9.21 Å². The lowest BCUT2D eigenvalue weighted by molar-refractivity contribution is -0.113. The van der Waals surface area contributed by atoms with Gasteiger partial charge >= 0.3 is 0 Å². The molecular formula is C25H23N3O2S. The van der Waals surface area contributed by atoms with E-state index in [1.807, 2.05) is 12.1 Å². The summed E-state index contributed by atoms with van der Waals surface area (Å²) < 4.78 is 5.34. The van der Waals surface area contributed by atoms with E-state index in [0.717, 1.165) is 31.3 Å². The van der Waals surface area contributed by atoms with Crippen LogP contribution >= 0.6 is 11.8 Å². The summed E-state index contributed by atoms with van der Waals surface area (Å²) in [5, 5.41) is 0.790. The highest BCUT2D eigenvalue weighted by Gasteiger charge is 2.31. The zero-order valence-electron chi connectivity index (χ0n) is 17.1. The first kappa shape index (κ1) is 19.8. The monoisotopic (exact) mass is 429 g/mol. The van der Waals surface area contributed by atoms with Gasteiger partial charge in [0.25, 0.3) is 5.91 Å². The molecule has 1 amide bonds. The first-order valence-electron chi connectivity index (χ1n) is 10.4. The molecule has 6 heteroatoms. The third-order valence-electron chi connectivity index (χ3n) is 5.61. The van der Waals surface area contributed by atoms with Crippen LogP contribution in [0.15, 0.2) is 93.4 Å². The standard InChI is InChI=1S/C25H23N3O2S/c29-24-22(18-21-12-7-17-30-21)31-25(26-24)28-15-13-27(14-16-28)23(19-8-3-1-4-9-19)20-10-5-2-6-11-20/h1-12,17-18,23H,13-16H2/b22-18-. The second-order valence-electron chi connectivity index (χ2n) is 7.57. The highest BCUT2D eigenvalue weighted by molar-refractivity contribution is 8.18. The van der Waals surface area contributed by atoms with Crippen molar-refractivity contribution >= 4 is 28.9 Å². The summed E-state index contributed by atoms with van der Waals surface area (Å²) in [5.41, 5.74) is 2.60. The number of nitrogens with zero attached hydrogens (tertiary/aromatic N) is 3. The van der Waals surface area contributed by atoms with Gasteiger partial charge in [-0.3, -0.25) is 9.69 Å². The number of carbonyl (C=O) groups excluding carboxylic acids is 1. The lowest BCUT2D eigenvalue weighted by atomic mass is 9.96. The Labute approximate surface area is 186 Å². The molecule has 0 aliphatic carbocycles. The molecule has 0 radical (unpaired) electrons. The molecule has 0 N–H and O–H groups in total. The first-order valence-corrected chi connectivity index (χ1v) is 11.2. The van der Waals surface area contributed by atoms with Crippen molar-refractivity contribution in [2.24, 2.45) is 4.99 Å². The first-order chi connectivity index (χ1) is 15.3. The Morgan fingerprint density at radius 2 is 1.52 bits per heavy atom. The molecular weight excluding hydrogens is 406 g/mol. The van der Waals surface area contributed by atoms with Crippen molar-refractivity contribution in [1.82, 2.24) is 9.80 Å². The van der Waals surface area contributed by atoms with Gasteiger partial charge < -0.3 is 9.32 Å². The number of furan rings is 1. The highest BCUT2D eigenvalue weighted by Crippen LogP contribution is 2.33. The van der Waals surface area contributed by atoms with Crippen LogP contribution in [0.3, 0.4) is 0 Å². The van der Waals surface area contributed by atoms with E-state index in [4.69, 9.17) is 4.42 Å². The topological polar surface area (TPSA) is 49.1 Å². The fourth-order valence-electron chi connectivity index (χ4n) is 4.09. The van der Waals surface area contributed by atoms with E-state index in [-0.39, 0.29) is 11.9 Å². The lowest BCUT2D eigenvalue weighted by Gasteiger charge is -2.40. The molecule has 1 fully saturated rings. The summed E-state index contributed by atoms with van der Waals surface area (Å²) in [7, 11) is 0. The number of amidine groups is 1. The van der Waals surface area contributed by atoms with Gasteiger partial charge in [-0.15, -0.1) is 0 Å². The third-order valence-corrected chi connectivity index (χ3v) is 6.65. The zero-order chi connectivity index (χ0) is 21.0. The van der Waals surface area contributed by atoms with Crippen molar-refractivity contribution in [2.75, 3.05) is 26.2 Å². The maximum Gasteiger partial charge on any atom is 0.286 e. The summed E-state index contributed by atoms with van der Waals surface area (Å²) in [6.45, 7) is 3.48. The Bertz CT molecular complexity index is 1050. The van der Waals surface area contributed by atoms with Crippen molar-refractivity contribution in [3.05, 3.63) is 101 Å². The minimum Gasteiger partial charge on any atom is -0.465 e. The smallest absolute Gasteiger partial charge is 0.286 e. The van der Waals surface area contributed by atoms with E-state index in [9.17, 15) is 4.79 Å². The van der Waals surface area contributed by atoms with Crippen molar-refractivity contribution in [3.63, 3.8) is 0 Å². The van der Waals surface area contributed by atoms with E-state index in [1.165, 1.54) is 22.9 Å². The zero-order valence-corrected chi connectivity index (χ0v) is 17.9. The molecule has 3 aromatic rings. The normalized spacial score (nSPS) is 18.7. The van der Waals surface area contributed by atoms with Gasteiger partial charge in [-0.2, -0.15) is 4.99 Å². The van der Waals surface area contributed by atoms with Crippen LogP contribution in [-0.2, 0) is 4.79 Å². The maximum absolute atomic E-state index is 12.3. The Kier molecular flexibility index (Phi) is 5.74. The van der Waals surface area contributed by atoms with E-state index < -0.39 is 0 Å². The quantitative estimate of drug-likeness (QED) is 0.565. The number of hydrogen-bond donors (Lipinski definition) is 0. The van der Waals surface area contributed by atoms with E-state index in [2.05, 4.69) is 75.5 Å². The van der Waals surface area contributed by atoms with Crippen molar-refractivity contribution in [1.29, 1.82) is 0 Å². The number of aliphatic imine (C=N–C) groups is 1. The van der Waals surface area contributed by atoms with Gasteiger partial charge in [0.05, 0.1) is 17.2 Å². The van der Waals surface area contributed by atoms with Gasteiger partial charge in [0.15, 0.2) is 5.17 Å². The molecule has 0 spiro atoms. The highest BCUT2D eigenvalue weighted by atomic mass is 32.2. The van der Waals surface area contributed by atoms with Gasteiger partial charge in [-0.05, 0) is 35.0 Å². The number of hydrogen-bond acceptors (Lipinski definition) is 5. The van der Waals surface area contributed by atoms with Crippen molar-refractivity contribution in [2.45, 2.75) is 6.04 Å². The maximum atomic E-state index is 12.3. The average molecular weight is 430 g/mol. The number of carbonyl (C=O) groups is 1. The summed E-state index contributed by atoms with van der Waals surface area (Å²) in [4.78, 5) is 22.0. The number of rotatable bonds is 4. The second kappa shape index (κ2) is 8.96.